The highest BCUT2D eigenvalue weighted by Gasteiger charge is 2.27. The molecule has 0 saturated heterocycles. The van der Waals surface area contributed by atoms with Gasteiger partial charge in [-0.2, -0.15) is 0 Å². The summed E-state index contributed by atoms with van der Waals surface area (Å²) in [4.78, 5) is 0. The van der Waals surface area contributed by atoms with Crippen LogP contribution in [0.3, 0.4) is 0 Å². The topological polar surface area (TPSA) is 22.9 Å². The summed E-state index contributed by atoms with van der Waals surface area (Å²) in [6.07, 6.45) is 0.989. The molecule has 0 spiro atoms. The van der Waals surface area contributed by atoms with Gasteiger partial charge in [-0.1, -0.05) is 71.2 Å². The molecule has 0 aromatic heterocycles. The van der Waals surface area contributed by atoms with Crippen molar-refractivity contribution in [1.82, 2.24) is 0 Å². The molecule has 1 atom stereocenters. The van der Waals surface area contributed by atoms with Crippen molar-refractivity contribution in [2.75, 3.05) is 0 Å². The van der Waals surface area contributed by atoms with Gasteiger partial charge in [-0.3, -0.25) is 0 Å². The quantitative estimate of drug-likeness (QED) is 0.590. The Balaban J connectivity index is 2.33. The van der Waals surface area contributed by atoms with E-state index in [1.165, 1.54) is 5.30 Å². The Morgan fingerprint density at radius 1 is 0.895 bits per heavy atom. The highest BCUT2D eigenvalue weighted by Crippen LogP contribution is 2.51. The van der Waals surface area contributed by atoms with Gasteiger partial charge in [0.2, 0.25) is 0 Å². The molecule has 100 valence electrons. The smallest absolute Gasteiger partial charge is 0.257 e. The van der Waals surface area contributed by atoms with Gasteiger partial charge in [0, 0.05) is 12.2 Å². The van der Waals surface area contributed by atoms with E-state index in [1.807, 2.05) is 18.2 Å². The summed E-state index contributed by atoms with van der Waals surface area (Å²) in [5.41, 5.74) is 1.16. The summed E-state index contributed by atoms with van der Waals surface area (Å²) in [5, 5.41) is 9.71. The lowest BCUT2D eigenvalue weighted by atomic mass is 10.2. The third-order valence-corrected chi connectivity index (χ3v) is 6.42. The first kappa shape index (κ1) is 14.1. The Kier molecular flexibility index (Phi) is 4.27. The largest absolute Gasteiger partial charge is 0.593 e. The fraction of sp³-hybridized carbons (Fsp3) is 0.294. The zero-order chi connectivity index (χ0) is 13.9. The molecule has 2 heteroatoms. The van der Waals surface area contributed by atoms with E-state index in [1.54, 1.807) is 0 Å². The molecular weight excluding hydrogens is 251 g/mol. The summed E-state index contributed by atoms with van der Waals surface area (Å²) >= 11 is 0. The van der Waals surface area contributed by atoms with E-state index in [4.69, 9.17) is 5.11 Å². The van der Waals surface area contributed by atoms with Crippen LogP contribution in [0, 0.1) is 0 Å². The second-order valence-corrected chi connectivity index (χ2v) is 8.78. The fourth-order valence-electron chi connectivity index (χ4n) is 2.15. The normalized spacial score (nSPS) is 13.2. The van der Waals surface area contributed by atoms with Gasteiger partial charge in [-0.05, 0) is 16.5 Å². The van der Waals surface area contributed by atoms with Crippen LogP contribution in [0.25, 0.3) is 0 Å². The molecule has 2 N–H and O–H groups in total. The first-order chi connectivity index (χ1) is 8.98. The second-order valence-electron chi connectivity index (χ2n) is 5.75. The number of rotatable bonds is 3. The Morgan fingerprint density at radius 2 is 1.47 bits per heavy atom. The second kappa shape index (κ2) is 5.75. The van der Waals surface area contributed by atoms with Crippen LogP contribution in [0.4, 0.5) is 0 Å². The maximum absolute atomic E-state index is 8.04. The molecule has 0 aliphatic rings. The summed E-state index contributed by atoms with van der Waals surface area (Å²) in [6, 6.07) is 18.7. The lowest BCUT2D eigenvalue weighted by Crippen LogP contribution is -2.20. The van der Waals surface area contributed by atoms with Gasteiger partial charge in [-0.15, -0.1) is 0 Å². The fourth-order valence-corrected chi connectivity index (χ4v) is 4.73. The average molecular weight is 273 g/mol. The molecule has 2 aromatic rings. The van der Waals surface area contributed by atoms with E-state index in [0.29, 0.717) is 5.75 Å². The van der Waals surface area contributed by atoms with Gasteiger partial charge in [0.05, 0.1) is 5.56 Å². The number of hydrogen-bond acceptors (Lipinski definition) is 0. The van der Waals surface area contributed by atoms with Gasteiger partial charge in [-0.25, -0.2) is 0 Å². The zero-order valence-electron chi connectivity index (χ0n) is 11.9. The summed E-state index contributed by atoms with van der Waals surface area (Å²) in [5.74, 6) is 0.662. The van der Waals surface area contributed by atoms with Gasteiger partial charge < -0.3 is 5.11 Å². The van der Waals surface area contributed by atoms with Crippen LogP contribution in [0.2, 0.25) is 0 Å². The molecule has 2 aromatic carbocycles. The Labute approximate surface area is 117 Å². The van der Waals surface area contributed by atoms with Gasteiger partial charge >= 0.3 is 0 Å². The standard InChI is InChI=1S/C17H21OP/c1-17(2,3)19(15-10-5-4-6-11-15)13-14-9-7-8-12-16(14)18/h4-12,18H,13H2,1-3H3/p+1. The molecule has 0 aliphatic heterocycles. The number of para-hydroxylation sites is 1. The van der Waals surface area contributed by atoms with Crippen molar-refractivity contribution in [3.05, 3.63) is 60.2 Å². The van der Waals surface area contributed by atoms with Crippen LogP contribution >= 0.6 is 7.92 Å². The molecule has 0 amide bonds. The summed E-state index contributed by atoms with van der Waals surface area (Å²) < 4.78 is 0. The molecule has 2 rings (SSSR count). The predicted octanol–water partition coefficient (Wildman–Crippen LogP) is 4.23. The Bertz CT molecular complexity index is 528. The van der Waals surface area contributed by atoms with Crippen molar-refractivity contribution in [3.8, 4) is 5.75 Å². The van der Waals surface area contributed by atoms with Crippen LogP contribution in [-0.2, 0) is 6.16 Å². The van der Waals surface area contributed by atoms with Gasteiger partial charge in [0.1, 0.15) is 0 Å². The first-order valence-corrected chi connectivity index (χ1v) is 8.13. The molecule has 1 unspecified atom stereocenters. The van der Waals surface area contributed by atoms with Crippen LogP contribution in [-0.4, -0.2) is 10.3 Å². The van der Waals surface area contributed by atoms with Crippen molar-refractivity contribution in [2.45, 2.75) is 32.1 Å². The minimum absolute atomic E-state index is 0.249. The molecule has 0 bridgehead atoms. The molecule has 0 fully saturated rings. The minimum Gasteiger partial charge on any atom is -0.593 e. The first-order valence-electron chi connectivity index (χ1n) is 6.61. The summed E-state index contributed by atoms with van der Waals surface area (Å²) in [6.45, 7) is 6.91. The molecular formula is C17H22OP+. The van der Waals surface area contributed by atoms with Crippen LogP contribution < -0.4 is 5.30 Å². The average Bonchev–Trinajstić information content (AvgIpc) is 2.37. The molecule has 0 heterocycles. The Hall–Kier alpha value is -1.33. The van der Waals surface area contributed by atoms with E-state index in [9.17, 15) is 0 Å². The highest BCUT2D eigenvalue weighted by atomic mass is 31.1. The third kappa shape index (κ3) is 3.58. The van der Waals surface area contributed by atoms with E-state index in [-0.39, 0.29) is 13.1 Å². The van der Waals surface area contributed by atoms with Gasteiger partial charge in [0.25, 0.3) is 5.75 Å². The minimum atomic E-state index is -0.309. The van der Waals surface area contributed by atoms with Crippen molar-refractivity contribution < 1.29 is 5.11 Å². The van der Waals surface area contributed by atoms with Crippen molar-refractivity contribution in [2.24, 2.45) is 0 Å². The van der Waals surface area contributed by atoms with Crippen LogP contribution in [0.15, 0.2) is 54.6 Å². The molecule has 0 aliphatic carbocycles. The van der Waals surface area contributed by atoms with Gasteiger partial charge in [0.15, 0.2) is 0 Å². The molecule has 1 nitrogen and oxygen atoms in total. The monoisotopic (exact) mass is 273 g/mol. The van der Waals surface area contributed by atoms with Crippen molar-refractivity contribution in [3.63, 3.8) is 0 Å². The van der Waals surface area contributed by atoms with E-state index < -0.39 is 0 Å². The number of hydrogen-bond donors (Lipinski definition) is 0. The van der Waals surface area contributed by atoms with Crippen LogP contribution in [0.1, 0.15) is 26.3 Å². The molecule has 19 heavy (non-hydrogen) atoms. The maximum atomic E-state index is 8.04. The van der Waals surface area contributed by atoms with E-state index in [2.05, 4.69) is 57.2 Å². The van der Waals surface area contributed by atoms with Crippen molar-refractivity contribution in [1.29, 1.82) is 0 Å². The van der Waals surface area contributed by atoms with E-state index >= 15 is 0 Å². The number of benzene rings is 2. The predicted molar refractivity (Wildman–Crippen MR) is 86.0 cm³/mol. The Morgan fingerprint density at radius 3 is 2.05 bits per heavy atom. The molecule has 0 radical (unpaired) electrons. The SMILES string of the molecule is CC(C)(C)P(Cc1ccccc1[OH2+])c1ccccc1. The third-order valence-electron chi connectivity index (χ3n) is 3.22. The lowest BCUT2D eigenvalue weighted by molar-refractivity contribution is 0.470. The maximum Gasteiger partial charge on any atom is 0.257 e. The van der Waals surface area contributed by atoms with Crippen LogP contribution in [0.5, 0.6) is 5.75 Å². The van der Waals surface area contributed by atoms with E-state index in [0.717, 1.165) is 11.7 Å². The zero-order valence-corrected chi connectivity index (χ0v) is 12.7. The lowest BCUT2D eigenvalue weighted by Gasteiger charge is -2.31. The summed E-state index contributed by atoms with van der Waals surface area (Å²) in [7, 11) is -0.309. The van der Waals surface area contributed by atoms with Crippen molar-refractivity contribution >= 4 is 13.2 Å². The highest BCUT2D eigenvalue weighted by molar-refractivity contribution is 7.66. The molecule has 0 saturated carbocycles.